The van der Waals surface area contributed by atoms with Crippen LogP contribution >= 0.6 is 23.1 Å². The summed E-state index contributed by atoms with van der Waals surface area (Å²) in [5.74, 6) is -4.02. The summed E-state index contributed by atoms with van der Waals surface area (Å²) in [7, 11) is 0. The Morgan fingerprint density at radius 2 is 1.69 bits per heavy atom. The average molecular weight is 513 g/mol. The average Bonchev–Trinajstić information content (AvgIpc) is 3.27. The van der Waals surface area contributed by atoms with Crippen molar-refractivity contribution < 1.29 is 23.6 Å². The standard InChI is InChI=1S/C23H17FN4O5S2/c24-12-6-8-13(9-7-12)26-14(29)10-27-21-18(35-23(27)33)15(11-4-2-1-3-5-11)16-17(34-21)20(31)28(19(16)30)22(25)32/h1-9,15-17H,10H2,(H2,25,32)(H,26,29)/t15-,16+,17-/m0/s1. The van der Waals surface area contributed by atoms with Gasteiger partial charge in [-0.1, -0.05) is 53.4 Å². The number of benzene rings is 2. The van der Waals surface area contributed by atoms with E-state index in [-0.39, 0.29) is 6.54 Å². The van der Waals surface area contributed by atoms with Gasteiger partial charge in [0.2, 0.25) is 11.8 Å². The molecule has 2 aliphatic heterocycles. The maximum Gasteiger partial charge on any atom is 0.328 e. The fourth-order valence-corrected chi connectivity index (χ4v) is 7.14. The summed E-state index contributed by atoms with van der Waals surface area (Å²) in [5, 5.41) is 2.02. The molecule has 0 spiro atoms. The Hall–Kier alpha value is -3.77. The van der Waals surface area contributed by atoms with Gasteiger partial charge >= 0.3 is 10.9 Å². The first-order valence-electron chi connectivity index (χ1n) is 10.4. The Kier molecular flexibility index (Phi) is 5.77. The molecule has 5 rings (SSSR count). The first kappa shape index (κ1) is 23.0. The van der Waals surface area contributed by atoms with E-state index in [2.05, 4.69) is 5.32 Å². The predicted octanol–water partition coefficient (Wildman–Crippen LogP) is 2.36. The van der Waals surface area contributed by atoms with Crippen molar-refractivity contribution in [1.82, 2.24) is 9.47 Å². The molecule has 0 radical (unpaired) electrons. The maximum absolute atomic E-state index is 13.1. The Morgan fingerprint density at radius 1 is 1.00 bits per heavy atom. The fraction of sp³-hybridized carbons (Fsp3) is 0.174. The van der Waals surface area contributed by atoms with Crippen molar-refractivity contribution in [1.29, 1.82) is 0 Å². The molecule has 35 heavy (non-hydrogen) atoms. The molecule has 0 bridgehead atoms. The summed E-state index contributed by atoms with van der Waals surface area (Å²) >= 11 is 1.87. The first-order chi connectivity index (χ1) is 16.8. The minimum Gasteiger partial charge on any atom is -0.351 e. The van der Waals surface area contributed by atoms with Crippen LogP contribution in [0.15, 0.2) is 64.4 Å². The van der Waals surface area contributed by atoms with Gasteiger partial charge in [-0.3, -0.25) is 23.7 Å². The third-order valence-corrected chi connectivity index (χ3v) is 8.46. The molecule has 1 aromatic heterocycles. The quantitative estimate of drug-likeness (QED) is 0.516. The topological polar surface area (TPSA) is 132 Å². The maximum atomic E-state index is 13.1. The lowest BCUT2D eigenvalue weighted by molar-refractivity contribution is -0.135. The number of thioether (sulfide) groups is 1. The third kappa shape index (κ3) is 3.94. The highest BCUT2D eigenvalue weighted by molar-refractivity contribution is 8.00. The minimum absolute atomic E-state index is 0.352. The van der Waals surface area contributed by atoms with Crippen LogP contribution in [0.25, 0.3) is 0 Å². The van der Waals surface area contributed by atoms with Gasteiger partial charge in [-0.25, -0.2) is 9.18 Å². The number of carbonyl (C=O) groups is 4. The number of hydrogen-bond acceptors (Lipinski definition) is 7. The van der Waals surface area contributed by atoms with Crippen molar-refractivity contribution >= 4 is 52.5 Å². The summed E-state index contributed by atoms with van der Waals surface area (Å²) in [6, 6.07) is 12.9. The molecule has 5 amide bonds. The molecule has 3 N–H and O–H groups in total. The molecule has 12 heteroatoms. The van der Waals surface area contributed by atoms with Gasteiger partial charge in [0.15, 0.2) is 0 Å². The van der Waals surface area contributed by atoms with Crippen molar-refractivity contribution in [3.8, 4) is 0 Å². The molecule has 0 unspecified atom stereocenters. The van der Waals surface area contributed by atoms with Gasteiger partial charge < -0.3 is 11.1 Å². The number of urea groups is 1. The van der Waals surface area contributed by atoms with Gasteiger partial charge in [-0.15, -0.1) is 0 Å². The molecule has 0 aliphatic carbocycles. The normalized spacial score (nSPS) is 20.9. The smallest absolute Gasteiger partial charge is 0.328 e. The van der Waals surface area contributed by atoms with E-state index in [1.807, 2.05) is 0 Å². The number of nitrogens with one attached hydrogen (secondary N) is 1. The lowest BCUT2D eigenvalue weighted by Crippen LogP contribution is -2.41. The highest BCUT2D eigenvalue weighted by atomic mass is 32.2. The fourth-order valence-electron chi connectivity index (χ4n) is 4.37. The predicted molar refractivity (Wildman–Crippen MR) is 126 cm³/mol. The number of anilines is 1. The van der Waals surface area contributed by atoms with E-state index >= 15 is 0 Å². The van der Waals surface area contributed by atoms with E-state index in [9.17, 15) is 28.4 Å². The number of rotatable bonds is 4. The number of hydrogen-bond donors (Lipinski definition) is 2. The zero-order chi connectivity index (χ0) is 24.9. The van der Waals surface area contributed by atoms with Gasteiger partial charge in [0.1, 0.15) is 17.6 Å². The summed E-state index contributed by atoms with van der Waals surface area (Å²) in [6.07, 6.45) is 0. The number of amides is 5. The molecule has 1 saturated heterocycles. The highest BCUT2D eigenvalue weighted by Crippen LogP contribution is 2.53. The molecule has 2 aliphatic rings. The second-order valence-electron chi connectivity index (χ2n) is 7.98. The van der Waals surface area contributed by atoms with Crippen molar-refractivity contribution in [3.05, 3.63) is 80.5 Å². The van der Waals surface area contributed by atoms with Gasteiger partial charge in [-0.2, -0.15) is 4.90 Å². The zero-order valence-electron chi connectivity index (χ0n) is 17.8. The lowest BCUT2D eigenvalue weighted by atomic mass is 9.83. The monoisotopic (exact) mass is 512 g/mol. The number of nitrogens with two attached hydrogens (primary N) is 1. The number of thiazole rings is 1. The largest absolute Gasteiger partial charge is 0.351 e. The molecule has 178 valence electrons. The van der Waals surface area contributed by atoms with Crippen molar-refractivity contribution in [2.45, 2.75) is 22.7 Å². The summed E-state index contributed by atoms with van der Waals surface area (Å²) in [4.78, 5) is 64.1. The van der Waals surface area contributed by atoms with E-state index in [4.69, 9.17) is 5.73 Å². The van der Waals surface area contributed by atoms with Crippen LogP contribution in [0, 0.1) is 11.7 Å². The Balaban J connectivity index is 1.55. The van der Waals surface area contributed by atoms with E-state index in [1.165, 1.54) is 28.8 Å². The van der Waals surface area contributed by atoms with Crippen LogP contribution < -0.4 is 15.9 Å². The number of carbonyl (C=O) groups excluding carboxylic acids is 4. The summed E-state index contributed by atoms with van der Waals surface area (Å²) < 4.78 is 14.4. The molecule has 1 fully saturated rings. The van der Waals surface area contributed by atoms with E-state index in [1.54, 1.807) is 30.3 Å². The second-order valence-corrected chi connectivity index (χ2v) is 10.1. The molecule has 3 heterocycles. The zero-order valence-corrected chi connectivity index (χ0v) is 19.5. The van der Waals surface area contributed by atoms with Crippen LogP contribution in [0.3, 0.4) is 0 Å². The number of likely N-dealkylation sites (tertiary alicyclic amines) is 1. The van der Waals surface area contributed by atoms with Gasteiger partial charge in [0.05, 0.1) is 10.9 Å². The number of imide groups is 3. The summed E-state index contributed by atoms with van der Waals surface area (Å²) in [6.45, 7) is -0.352. The van der Waals surface area contributed by atoms with Crippen LogP contribution in [0.1, 0.15) is 16.4 Å². The molecular weight excluding hydrogens is 495 g/mol. The van der Waals surface area contributed by atoms with Crippen LogP contribution in [-0.2, 0) is 20.9 Å². The van der Waals surface area contributed by atoms with Gasteiger partial charge in [0.25, 0.3) is 5.91 Å². The molecule has 3 atom stereocenters. The Bertz CT molecular complexity index is 1420. The molecule has 3 aromatic rings. The van der Waals surface area contributed by atoms with Crippen molar-refractivity contribution in [2.24, 2.45) is 11.7 Å². The van der Waals surface area contributed by atoms with Crippen LogP contribution in [-0.4, -0.2) is 38.5 Å². The number of fused-ring (bicyclic) bond motifs is 2. The second kappa shape index (κ2) is 8.78. The van der Waals surface area contributed by atoms with Gasteiger partial charge in [-0.05, 0) is 29.8 Å². The van der Waals surface area contributed by atoms with Crippen molar-refractivity contribution in [3.63, 3.8) is 0 Å². The number of nitrogens with zero attached hydrogens (tertiary/aromatic N) is 2. The molecule has 2 aromatic carbocycles. The number of halogens is 1. The summed E-state index contributed by atoms with van der Waals surface area (Å²) in [5.41, 5.74) is 6.36. The van der Waals surface area contributed by atoms with E-state index in [0.717, 1.165) is 23.1 Å². The van der Waals surface area contributed by atoms with Crippen LogP contribution in [0.5, 0.6) is 0 Å². The third-order valence-electron chi connectivity index (χ3n) is 5.86. The molecule has 9 nitrogen and oxygen atoms in total. The number of primary amides is 1. The Labute approximate surface area is 205 Å². The minimum atomic E-state index is -1.15. The number of aromatic nitrogens is 1. The van der Waals surface area contributed by atoms with Crippen LogP contribution in [0.4, 0.5) is 14.9 Å². The van der Waals surface area contributed by atoms with Gasteiger partial charge in [0, 0.05) is 16.5 Å². The molecular formula is C23H17FN4O5S2. The highest BCUT2D eigenvalue weighted by Gasteiger charge is 2.57. The van der Waals surface area contributed by atoms with Crippen LogP contribution in [0.2, 0.25) is 0 Å². The SMILES string of the molecule is NC(=O)N1C(=O)[C@@H]2[C@H](c3ccccc3)c3sc(=O)n(CC(=O)Nc4ccc(F)cc4)c3S[C@@H]2C1=O. The lowest BCUT2D eigenvalue weighted by Gasteiger charge is -2.30. The Morgan fingerprint density at radius 3 is 2.34 bits per heavy atom. The van der Waals surface area contributed by atoms with E-state index < -0.39 is 51.5 Å². The van der Waals surface area contributed by atoms with E-state index in [0.29, 0.717) is 26.1 Å². The van der Waals surface area contributed by atoms with Crippen molar-refractivity contribution in [2.75, 3.05) is 5.32 Å². The first-order valence-corrected chi connectivity index (χ1v) is 12.1. The molecule has 0 saturated carbocycles.